The summed E-state index contributed by atoms with van der Waals surface area (Å²) in [4.78, 5) is 16.6. The van der Waals surface area contributed by atoms with Crippen molar-refractivity contribution in [3.05, 3.63) is 101 Å². The summed E-state index contributed by atoms with van der Waals surface area (Å²) in [6.45, 7) is 7.30. The van der Waals surface area contributed by atoms with Gasteiger partial charge in [-0.3, -0.25) is 9.48 Å². The number of carbonyl (C=O) groups excluding carboxylic acids is 1. The molecule has 162 valence electrons. The Morgan fingerprint density at radius 2 is 1.81 bits per heavy atom. The standard InChI is InChI=1S/C25H26N6O/c1-18-8-10-21(11-9-18)14-31-20(3)23(19(2)29-31)12-13-25(32)28-24-7-5-4-6-22(24)15-30-17-26-16-27-30/h4-13,16-17H,14-15H2,1-3H3,(H,28,32). The molecule has 4 rings (SSSR count). The highest BCUT2D eigenvalue weighted by Gasteiger charge is 2.11. The van der Waals surface area contributed by atoms with Crippen molar-refractivity contribution in [1.82, 2.24) is 24.5 Å². The fourth-order valence-corrected chi connectivity index (χ4v) is 3.57. The lowest BCUT2D eigenvalue weighted by Gasteiger charge is -2.09. The molecule has 7 heteroatoms. The number of nitrogens with zero attached hydrogens (tertiary/aromatic N) is 5. The molecular formula is C25H26N6O. The highest BCUT2D eigenvalue weighted by molar-refractivity contribution is 6.02. The molecule has 2 aromatic heterocycles. The quantitative estimate of drug-likeness (QED) is 0.451. The Labute approximate surface area is 187 Å². The van der Waals surface area contributed by atoms with E-state index in [0.717, 1.165) is 28.2 Å². The third kappa shape index (κ3) is 5.00. The number of aryl methyl sites for hydroxylation is 2. The van der Waals surface area contributed by atoms with E-state index in [1.165, 1.54) is 17.5 Å². The van der Waals surface area contributed by atoms with Gasteiger partial charge in [0.05, 0.1) is 18.8 Å². The fraction of sp³-hybridized carbons (Fsp3) is 0.200. The summed E-state index contributed by atoms with van der Waals surface area (Å²) in [6.07, 6.45) is 6.53. The first kappa shape index (κ1) is 21.2. The number of para-hydroxylation sites is 1. The molecule has 7 nitrogen and oxygen atoms in total. The van der Waals surface area contributed by atoms with Crippen molar-refractivity contribution in [2.24, 2.45) is 0 Å². The number of rotatable bonds is 7. The van der Waals surface area contributed by atoms with E-state index in [2.05, 4.69) is 51.7 Å². The van der Waals surface area contributed by atoms with Crippen LogP contribution < -0.4 is 5.32 Å². The molecule has 2 heterocycles. The topological polar surface area (TPSA) is 77.6 Å². The molecule has 1 N–H and O–H groups in total. The van der Waals surface area contributed by atoms with Gasteiger partial charge in [0.25, 0.3) is 0 Å². The van der Waals surface area contributed by atoms with Crippen molar-refractivity contribution in [2.45, 2.75) is 33.9 Å². The number of amides is 1. The predicted molar refractivity (Wildman–Crippen MR) is 125 cm³/mol. The Morgan fingerprint density at radius 3 is 2.56 bits per heavy atom. The molecule has 32 heavy (non-hydrogen) atoms. The second kappa shape index (κ2) is 9.43. The smallest absolute Gasteiger partial charge is 0.248 e. The van der Waals surface area contributed by atoms with Crippen LogP contribution >= 0.6 is 0 Å². The third-order valence-electron chi connectivity index (χ3n) is 5.37. The van der Waals surface area contributed by atoms with Gasteiger partial charge in [-0.1, -0.05) is 48.0 Å². The molecule has 0 aliphatic heterocycles. The third-order valence-corrected chi connectivity index (χ3v) is 5.37. The average molecular weight is 427 g/mol. The first-order valence-corrected chi connectivity index (χ1v) is 10.5. The van der Waals surface area contributed by atoms with Gasteiger partial charge in [-0.2, -0.15) is 10.2 Å². The van der Waals surface area contributed by atoms with E-state index in [4.69, 9.17) is 0 Å². The average Bonchev–Trinajstić information content (AvgIpc) is 3.38. The molecule has 0 radical (unpaired) electrons. The van der Waals surface area contributed by atoms with Crippen molar-refractivity contribution in [3.8, 4) is 0 Å². The zero-order chi connectivity index (χ0) is 22.5. The molecule has 4 aromatic rings. The van der Waals surface area contributed by atoms with Crippen LogP contribution in [0.3, 0.4) is 0 Å². The largest absolute Gasteiger partial charge is 0.322 e. The second-order valence-corrected chi connectivity index (χ2v) is 7.80. The van der Waals surface area contributed by atoms with Crippen LogP contribution in [0.1, 0.15) is 33.6 Å². The van der Waals surface area contributed by atoms with Gasteiger partial charge in [-0.25, -0.2) is 9.67 Å². The van der Waals surface area contributed by atoms with Crippen LogP contribution in [0.2, 0.25) is 0 Å². The van der Waals surface area contributed by atoms with E-state index in [-0.39, 0.29) is 5.91 Å². The minimum atomic E-state index is -0.193. The molecule has 1 amide bonds. The number of nitrogens with one attached hydrogen (secondary N) is 1. The highest BCUT2D eigenvalue weighted by atomic mass is 16.1. The van der Waals surface area contributed by atoms with E-state index in [9.17, 15) is 4.79 Å². The van der Waals surface area contributed by atoms with Gasteiger partial charge in [0.1, 0.15) is 12.7 Å². The molecule has 0 aliphatic carbocycles. The number of anilines is 1. The molecular weight excluding hydrogens is 400 g/mol. The molecule has 0 bridgehead atoms. The Bertz CT molecular complexity index is 1240. The molecule has 0 fully saturated rings. The Hall–Kier alpha value is -4.00. The van der Waals surface area contributed by atoms with E-state index in [0.29, 0.717) is 13.1 Å². The molecule has 0 saturated carbocycles. The summed E-state index contributed by atoms with van der Waals surface area (Å²) in [5, 5.41) is 11.8. The van der Waals surface area contributed by atoms with Gasteiger partial charge in [0.2, 0.25) is 5.91 Å². The summed E-state index contributed by atoms with van der Waals surface area (Å²) in [6, 6.07) is 16.1. The summed E-state index contributed by atoms with van der Waals surface area (Å²) in [5.74, 6) is -0.193. The van der Waals surface area contributed by atoms with E-state index in [1.54, 1.807) is 17.1 Å². The molecule has 2 aromatic carbocycles. The first-order chi connectivity index (χ1) is 15.5. The van der Waals surface area contributed by atoms with Gasteiger partial charge in [0, 0.05) is 23.0 Å². The Balaban J connectivity index is 1.46. The SMILES string of the molecule is Cc1ccc(Cn2nc(C)c(C=CC(=O)Nc3ccccc3Cn3cncn3)c2C)cc1. The molecule has 0 atom stereocenters. The van der Waals surface area contributed by atoms with Crippen LogP contribution in [0.4, 0.5) is 5.69 Å². The summed E-state index contributed by atoms with van der Waals surface area (Å²) in [5.41, 5.74) is 7.02. The zero-order valence-corrected chi connectivity index (χ0v) is 18.5. The van der Waals surface area contributed by atoms with Crippen LogP contribution in [0.15, 0.2) is 67.3 Å². The van der Waals surface area contributed by atoms with Crippen LogP contribution in [0.25, 0.3) is 6.08 Å². The summed E-state index contributed by atoms with van der Waals surface area (Å²) >= 11 is 0. The number of carbonyl (C=O) groups is 1. The molecule has 0 aliphatic rings. The second-order valence-electron chi connectivity index (χ2n) is 7.80. The van der Waals surface area contributed by atoms with Gasteiger partial charge in [-0.05, 0) is 44.0 Å². The van der Waals surface area contributed by atoms with Crippen LogP contribution in [0.5, 0.6) is 0 Å². The molecule has 0 saturated heterocycles. The lowest BCUT2D eigenvalue weighted by atomic mass is 10.1. The van der Waals surface area contributed by atoms with E-state index in [1.807, 2.05) is 48.9 Å². The fourth-order valence-electron chi connectivity index (χ4n) is 3.57. The van der Waals surface area contributed by atoms with Crippen LogP contribution in [-0.2, 0) is 17.9 Å². The van der Waals surface area contributed by atoms with Gasteiger partial charge >= 0.3 is 0 Å². The Morgan fingerprint density at radius 1 is 1.03 bits per heavy atom. The van der Waals surface area contributed by atoms with Crippen LogP contribution in [-0.4, -0.2) is 30.5 Å². The first-order valence-electron chi connectivity index (χ1n) is 10.5. The minimum Gasteiger partial charge on any atom is -0.322 e. The predicted octanol–water partition coefficient (Wildman–Crippen LogP) is 4.15. The lowest BCUT2D eigenvalue weighted by molar-refractivity contribution is -0.111. The number of benzene rings is 2. The highest BCUT2D eigenvalue weighted by Crippen LogP contribution is 2.18. The van der Waals surface area contributed by atoms with Crippen molar-refractivity contribution in [2.75, 3.05) is 5.32 Å². The van der Waals surface area contributed by atoms with Crippen LogP contribution in [0, 0.1) is 20.8 Å². The normalized spacial score (nSPS) is 11.2. The van der Waals surface area contributed by atoms with E-state index >= 15 is 0 Å². The maximum atomic E-state index is 12.6. The monoisotopic (exact) mass is 426 g/mol. The maximum absolute atomic E-state index is 12.6. The number of hydrogen-bond acceptors (Lipinski definition) is 4. The molecule has 0 spiro atoms. The number of hydrogen-bond donors (Lipinski definition) is 1. The zero-order valence-electron chi connectivity index (χ0n) is 18.5. The summed E-state index contributed by atoms with van der Waals surface area (Å²) < 4.78 is 3.70. The minimum absolute atomic E-state index is 0.193. The van der Waals surface area contributed by atoms with E-state index < -0.39 is 0 Å². The lowest BCUT2D eigenvalue weighted by Crippen LogP contribution is -2.11. The van der Waals surface area contributed by atoms with Gasteiger partial charge < -0.3 is 5.32 Å². The summed E-state index contributed by atoms with van der Waals surface area (Å²) in [7, 11) is 0. The Kier molecular flexibility index (Phi) is 6.26. The van der Waals surface area contributed by atoms with Crippen molar-refractivity contribution in [1.29, 1.82) is 0 Å². The van der Waals surface area contributed by atoms with Crippen molar-refractivity contribution in [3.63, 3.8) is 0 Å². The number of aromatic nitrogens is 5. The van der Waals surface area contributed by atoms with Crippen molar-refractivity contribution >= 4 is 17.7 Å². The van der Waals surface area contributed by atoms with Crippen molar-refractivity contribution < 1.29 is 4.79 Å². The van der Waals surface area contributed by atoms with Gasteiger partial charge in [-0.15, -0.1) is 0 Å². The molecule has 0 unspecified atom stereocenters. The van der Waals surface area contributed by atoms with Gasteiger partial charge in [0.15, 0.2) is 0 Å². The maximum Gasteiger partial charge on any atom is 0.248 e.